The smallest absolute Gasteiger partial charge is 0.247 e. The van der Waals surface area contributed by atoms with Gasteiger partial charge in [0.05, 0.1) is 19.1 Å². The van der Waals surface area contributed by atoms with E-state index in [0.717, 1.165) is 16.7 Å². The van der Waals surface area contributed by atoms with Gasteiger partial charge < -0.3 is 35.3 Å². The van der Waals surface area contributed by atoms with E-state index in [1.807, 2.05) is 78.9 Å². The third-order valence-electron chi connectivity index (χ3n) is 7.06. The van der Waals surface area contributed by atoms with Crippen molar-refractivity contribution in [1.82, 2.24) is 19.5 Å². The van der Waals surface area contributed by atoms with E-state index in [0.29, 0.717) is 24.7 Å². The highest BCUT2D eigenvalue weighted by Gasteiger charge is 2.44. The Bertz CT molecular complexity index is 1730. The number of hydrogen-bond acceptors (Lipinski definition) is 12. The van der Waals surface area contributed by atoms with Crippen LogP contribution in [0.5, 0.6) is 11.5 Å². The number of fused-ring (bicyclic) bond motifs is 1. The Kier molecular flexibility index (Phi) is 8.61. The van der Waals surface area contributed by atoms with E-state index in [1.165, 1.54) is 10.9 Å². The second kappa shape index (κ2) is 13.1. The predicted octanol–water partition coefficient (Wildman–Crippen LogP) is 2.62. The lowest BCUT2D eigenvalue weighted by Gasteiger charge is -2.16. The van der Waals surface area contributed by atoms with E-state index < -0.39 is 31.1 Å². The van der Waals surface area contributed by atoms with Gasteiger partial charge in [-0.3, -0.25) is 4.57 Å². The molecule has 226 valence electrons. The van der Waals surface area contributed by atoms with Crippen LogP contribution in [0.4, 0.5) is 11.8 Å². The first-order valence-corrected chi connectivity index (χ1v) is 13.9. The number of aromatic nitrogens is 4. The quantitative estimate of drug-likeness (QED) is 0.111. The van der Waals surface area contributed by atoms with Gasteiger partial charge in [0.2, 0.25) is 5.95 Å². The average molecular weight is 598 g/mol. The van der Waals surface area contributed by atoms with Crippen molar-refractivity contribution in [2.45, 2.75) is 37.8 Å². The van der Waals surface area contributed by atoms with Crippen molar-refractivity contribution in [1.29, 1.82) is 0 Å². The minimum atomic E-state index is -1.31. The van der Waals surface area contributed by atoms with E-state index in [-0.39, 0.29) is 22.9 Å². The van der Waals surface area contributed by atoms with Gasteiger partial charge >= 0.3 is 0 Å². The van der Waals surface area contributed by atoms with E-state index in [2.05, 4.69) is 25.5 Å². The Morgan fingerprint density at radius 2 is 1.59 bits per heavy atom. The minimum Gasteiger partial charge on any atom is -0.485 e. The summed E-state index contributed by atoms with van der Waals surface area (Å²) in [4.78, 5) is 12.9. The monoisotopic (exact) mass is 597 g/mol. The zero-order chi connectivity index (χ0) is 30.5. The first-order chi connectivity index (χ1) is 21.5. The van der Waals surface area contributed by atoms with E-state index >= 15 is 0 Å². The van der Waals surface area contributed by atoms with Crippen molar-refractivity contribution in [2.75, 3.05) is 17.8 Å². The minimum absolute atomic E-state index is 0.0723. The molecular weight excluding hydrogens is 566 g/mol. The third kappa shape index (κ3) is 6.31. The van der Waals surface area contributed by atoms with Crippen molar-refractivity contribution in [2.24, 2.45) is 5.10 Å². The molecular formula is C31H31N7O6. The fourth-order valence-electron chi connectivity index (χ4n) is 4.76. The maximum Gasteiger partial charge on any atom is 0.247 e. The van der Waals surface area contributed by atoms with Crippen LogP contribution in [-0.4, -0.2) is 66.0 Å². The van der Waals surface area contributed by atoms with Gasteiger partial charge in [0, 0.05) is 0 Å². The van der Waals surface area contributed by atoms with Crippen LogP contribution in [0.25, 0.3) is 11.2 Å². The molecule has 4 unspecified atom stereocenters. The molecule has 0 spiro atoms. The number of nitrogen functional groups attached to an aromatic ring is 1. The second-order valence-electron chi connectivity index (χ2n) is 10.1. The molecule has 3 heterocycles. The number of nitrogens with zero attached hydrogens (tertiary/aromatic N) is 5. The SMILES string of the molecule is Nc1nc(N/N=C/c2ccc(OCc3ccccc3)c(OCc3ccccc3)c2)nc2c1ncn2C1OC(CO)C(O)C1O. The Morgan fingerprint density at radius 3 is 2.25 bits per heavy atom. The summed E-state index contributed by atoms with van der Waals surface area (Å²) in [5, 5.41) is 34.3. The number of nitrogens with one attached hydrogen (secondary N) is 1. The summed E-state index contributed by atoms with van der Waals surface area (Å²) in [6.45, 7) is 0.286. The van der Waals surface area contributed by atoms with Gasteiger partial charge in [-0.15, -0.1) is 0 Å². The fraction of sp³-hybridized carbons (Fsp3) is 0.226. The zero-order valence-electron chi connectivity index (χ0n) is 23.5. The summed E-state index contributed by atoms with van der Waals surface area (Å²) in [6, 6.07) is 25.2. The highest BCUT2D eigenvalue weighted by Crippen LogP contribution is 2.33. The molecule has 13 heteroatoms. The van der Waals surface area contributed by atoms with Gasteiger partial charge in [-0.2, -0.15) is 15.1 Å². The Labute approximate surface area is 252 Å². The van der Waals surface area contributed by atoms with Crippen LogP contribution < -0.4 is 20.6 Å². The first-order valence-electron chi connectivity index (χ1n) is 13.9. The standard InChI is InChI=1S/C31H31N7O6/c32-28-25-29(38(18-33-25)30-27(41)26(40)24(15-39)44-30)36-31(35-28)37-34-14-21-11-12-22(42-16-19-7-3-1-4-8-19)23(13-21)43-17-20-9-5-2-6-10-20/h1-14,18,24,26-27,30,39-41H,15-17H2,(H3,32,35,36,37)/b34-14+. The Morgan fingerprint density at radius 1 is 0.909 bits per heavy atom. The van der Waals surface area contributed by atoms with Crippen molar-refractivity contribution in [3.63, 3.8) is 0 Å². The van der Waals surface area contributed by atoms with Crippen LogP contribution in [-0.2, 0) is 18.0 Å². The molecule has 2 aromatic heterocycles. The van der Waals surface area contributed by atoms with E-state index in [4.69, 9.17) is 19.9 Å². The van der Waals surface area contributed by atoms with Crippen molar-refractivity contribution in [3.05, 3.63) is 102 Å². The maximum absolute atomic E-state index is 10.5. The number of rotatable bonds is 11. The molecule has 44 heavy (non-hydrogen) atoms. The van der Waals surface area contributed by atoms with E-state index in [1.54, 1.807) is 6.21 Å². The number of aliphatic hydroxyl groups excluding tert-OH is 3. The lowest BCUT2D eigenvalue weighted by atomic mass is 10.1. The highest BCUT2D eigenvalue weighted by atomic mass is 16.6. The normalized spacial score (nSPS) is 19.9. The molecule has 5 aromatic rings. The summed E-state index contributed by atoms with van der Waals surface area (Å²) in [5.41, 5.74) is 12.2. The molecule has 0 bridgehead atoms. The number of imidazole rings is 1. The zero-order valence-corrected chi connectivity index (χ0v) is 23.5. The molecule has 13 nitrogen and oxygen atoms in total. The molecule has 0 saturated carbocycles. The summed E-state index contributed by atoms with van der Waals surface area (Å²) in [7, 11) is 0. The van der Waals surface area contributed by atoms with Gasteiger partial charge in [-0.1, -0.05) is 60.7 Å². The molecule has 0 aliphatic carbocycles. The van der Waals surface area contributed by atoms with Crippen LogP contribution in [0.15, 0.2) is 90.3 Å². The lowest BCUT2D eigenvalue weighted by molar-refractivity contribution is -0.0511. The summed E-state index contributed by atoms with van der Waals surface area (Å²) in [5.74, 6) is 1.30. The van der Waals surface area contributed by atoms with Crippen LogP contribution >= 0.6 is 0 Å². The number of aliphatic hydroxyl groups is 3. The topological polar surface area (TPSA) is 182 Å². The lowest BCUT2D eigenvalue weighted by Crippen LogP contribution is -2.33. The molecule has 3 aromatic carbocycles. The van der Waals surface area contributed by atoms with Crippen LogP contribution in [0.1, 0.15) is 22.9 Å². The first kappa shape index (κ1) is 29.0. The summed E-state index contributed by atoms with van der Waals surface area (Å²) >= 11 is 0. The number of hydrazone groups is 1. The van der Waals surface area contributed by atoms with Crippen molar-refractivity contribution in [3.8, 4) is 11.5 Å². The summed E-state index contributed by atoms with van der Waals surface area (Å²) in [6.07, 6.45) is -1.63. The van der Waals surface area contributed by atoms with Gasteiger partial charge in [0.15, 0.2) is 29.2 Å². The Balaban J connectivity index is 1.20. The molecule has 6 N–H and O–H groups in total. The second-order valence-corrected chi connectivity index (χ2v) is 10.1. The van der Waals surface area contributed by atoms with Crippen LogP contribution in [0, 0.1) is 0 Å². The number of benzene rings is 3. The van der Waals surface area contributed by atoms with Crippen LogP contribution in [0.2, 0.25) is 0 Å². The van der Waals surface area contributed by atoms with Crippen molar-refractivity contribution >= 4 is 29.1 Å². The average Bonchev–Trinajstić information content (AvgIpc) is 3.60. The van der Waals surface area contributed by atoms with Crippen LogP contribution in [0.3, 0.4) is 0 Å². The van der Waals surface area contributed by atoms with E-state index in [9.17, 15) is 15.3 Å². The largest absolute Gasteiger partial charge is 0.485 e. The van der Waals surface area contributed by atoms with Crippen molar-refractivity contribution < 1.29 is 29.5 Å². The van der Waals surface area contributed by atoms with Gasteiger partial charge in [-0.05, 0) is 34.9 Å². The molecule has 0 radical (unpaired) electrons. The predicted molar refractivity (Wildman–Crippen MR) is 162 cm³/mol. The molecule has 4 atom stereocenters. The molecule has 0 amide bonds. The molecule has 6 rings (SSSR count). The fourth-order valence-corrected chi connectivity index (χ4v) is 4.76. The number of hydrogen-bond donors (Lipinski definition) is 5. The van der Waals surface area contributed by atoms with Gasteiger partial charge in [-0.25, -0.2) is 10.4 Å². The third-order valence-corrected chi connectivity index (χ3v) is 7.06. The maximum atomic E-state index is 10.5. The molecule has 1 aliphatic rings. The Hall–Kier alpha value is -5.08. The van der Waals surface area contributed by atoms with Gasteiger partial charge in [0.25, 0.3) is 0 Å². The molecule has 1 fully saturated rings. The number of nitrogens with two attached hydrogens (primary N) is 1. The molecule has 1 saturated heterocycles. The van der Waals surface area contributed by atoms with Gasteiger partial charge in [0.1, 0.15) is 37.0 Å². The molecule has 1 aliphatic heterocycles. The number of anilines is 2. The number of ether oxygens (including phenoxy) is 3. The highest BCUT2D eigenvalue weighted by molar-refractivity contribution is 5.84. The summed E-state index contributed by atoms with van der Waals surface area (Å²) < 4.78 is 19.3.